The molecule has 0 aromatic heterocycles. The Labute approximate surface area is 132 Å². The molecule has 120 valence electrons. The first kappa shape index (κ1) is 15.5. The van der Waals surface area contributed by atoms with Gasteiger partial charge >= 0.3 is 0 Å². The molecular weight excluding hydrogens is 278 g/mol. The SMILES string of the molecule is O=C1C[C@H](O)CN1[C@H]1CCCC[C@@H]1OCCc1ccccc1. The van der Waals surface area contributed by atoms with Gasteiger partial charge in [-0.3, -0.25) is 4.79 Å². The van der Waals surface area contributed by atoms with Gasteiger partial charge in [-0.25, -0.2) is 0 Å². The number of likely N-dealkylation sites (tertiary alicyclic amines) is 1. The van der Waals surface area contributed by atoms with Crippen LogP contribution < -0.4 is 0 Å². The largest absolute Gasteiger partial charge is 0.391 e. The number of hydrogen-bond donors (Lipinski definition) is 1. The number of benzene rings is 1. The summed E-state index contributed by atoms with van der Waals surface area (Å²) in [7, 11) is 0. The van der Waals surface area contributed by atoms with Gasteiger partial charge in [0.1, 0.15) is 0 Å². The number of amides is 1. The minimum Gasteiger partial charge on any atom is -0.391 e. The van der Waals surface area contributed by atoms with E-state index in [1.165, 1.54) is 5.56 Å². The predicted molar refractivity (Wildman–Crippen MR) is 84.5 cm³/mol. The fourth-order valence-corrected chi connectivity index (χ4v) is 3.63. The summed E-state index contributed by atoms with van der Waals surface area (Å²) in [5.41, 5.74) is 1.28. The summed E-state index contributed by atoms with van der Waals surface area (Å²) in [6.07, 6.45) is 5.10. The minimum atomic E-state index is -0.501. The number of nitrogens with zero attached hydrogens (tertiary/aromatic N) is 1. The van der Waals surface area contributed by atoms with E-state index in [9.17, 15) is 9.90 Å². The molecule has 3 rings (SSSR count). The van der Waals surface area contributed by atoms with Crippen molar-refractivity contribution in [2.45, 2.75) is 56.8 Å². The first-order valence-corrected chi connectivity index (χ1v) is 8.37. The van der Waals surface area contributed by atoms with Gasteiger partial charge in [-0.05, 0) is 24.8 Å². The van der Waals surface area contributed by atoms with Crippen LogP contribution in [-0.2, 0) is 16.0 Å². The second-order valence-corrected chi connectivity index (χ2v) is 6.40. The number of hydrogen-bond acceptors (Lipinski definition) is 3. The van der Waals surface area contributed by atoms with Crippen LogP contribution in [0.4, 0.5) is 0 Å². The van der Waals surface area contributed by atoms with Crippen LogP contribution in [0.25, 0.3) is 0 Å². The predicted octanol–water partition coefficient (Wildman–Crippen LogP) is 2.15. The van der Waals surface area contributed by atoms with Crippen LogP contribution in [0.1, 0.15) is 37.7 Å². The molecule has 22 heavy (non-hydrogen) atoms. The number of ether oxygens (including phenoxy) is 1. The second-order valence-electron chi connectivity index (χ2n) is 6.40. The second kappa shape index (κ2) is 7.25. The van der Waals surface area contributed by atoms with E-state index >= 15 is 0 Å². The zero-order valence-electron chi connectivity index (χ0n) is 13.0. The summed E-state index contributed by atoms with van der Waals surface area (Å²) in [6.45, 7) is 1.16. The molecular formula is C18H25NO3. The molecule has 1 amide bonds. The smallest absolute Gasteiger partial charge is 0.225 e. The Bertz CT molecular complexity index is 490. The molecule has 4 heteroatoms. The van der Waals surface area contributed by atoms with Crippen molar-refractivity contribution in [2.24, 2.45) is 0 Å². The third-order valence-electron chi connectivity index (χ3n) is 4.77. The highest BCUT2D eigenvalue weighted by Gasteiger charge is 2.38. The van der Waals surface area contributed by atoms with Crippen molar-refractivity contribution in [3.8, 4) is 0 Å². The molecule has 1 aromatic carbocycles. The van der Waals surface area contributed by atoms with Crippen LogP contribution in [0, 0.1) is 0 Å². The lowest BCUT2D eigenvalue weighted by Gasteiger charge is -2.37. The molecule has 1 saturated heterocycles. The number of aliphatic hydroxyl groups is 1. The van der Waals surface area contributed by atoms with E-state index in [1.807, 2.05) is 23.1 Å². The van der Waals surface area contributed by atoms with E-state index in [-0.39, 0.29) is 24.5 Å². The minimum absolute atomic E-state index is 0.0797. The molecule has 0 unspecified atom stereocenters. The summed E-state index contributed by atoms with van der Waals surface area (Å²) >= 11 is 0. The van der Waals surface area contributed by atoms with Gasteiger partial charge in [0.25, 0.3) is 0 Å². The van der Waals surface area contributed by atoms with Crippen LogP contribution in [0.3, 0.4) is 0 Å². The summed E-state index contributed by atoms with van der Waals surface area (Å²) in [5.74, 6) is 0.0797. The molecule has 3 atom stereocenters. The maximum atomic E-state index is 12.0. The van der Waals surface area contributed by atoms with Gasteiger partial charge < -0.3 is 14.7 Å². The standard InChI is InChI=1S/C18H25NO3/c20-15-12-18(21)19(13-15)16-8-4-5-9-17(16)22-11-10-14-6-2-1-3-7-14/h1-3,6-7,15-17,20H,4-5,8-13H2/t15-,16-,17-/m0/s1. The zero-order valence-corrected chi connectivity index (χ0v) is 13.0. The van der Waals surface area contributed by atoms with Gasteiger partial charge in [0, 0.05) is 6.54 Å². The molecule has 2 aliphatic rings. The molecule has 0 bridgehead atoms. The van der Waals surface area contributed by atoms with Gasteiger partial charge in [-0.1, -0.05) is 43.2 Å². The number of carbonyl (C=O) groups is 1. The maximum absolute atomic E-state index is 12.0. The molecule has 1 saturated carbocycles. The van der Waals surface area contributed by atoms with Gasteiger partial charge in [-0.15, -0.1) is 0 Å². The van der Waals surface area contributed by atoms with Crippen molar-refractivity contribution in [3.05, 3.63) is 35.9 Å². The Morgan fingerprint density at radius 3 is 2.68 bits per heavy atom. The quantitative estimate of drug-likeness (QED) is 0.907. The summed E-state index contributed by atoms with van der Waals surface area (Å²) < 4.78 is 6.12. The molecule has 1 N–H and O–H groups in total. The third-order valence-corrected chi connectivity index (χ3v) is 4.77. The number of β-amino-alcohol motifs (C(OH)–C–C–N with tert-alkyl or cyclic N) is 1. The summed E-state index contributed by atoms with van der Waals surface area (Å²) in [5, 5.41) is 9.71. The monoisotopic (exact) mass is 303 g/mol. The van der Waals surface area contributed by atoms with Crippen molar-refractivity contribution < 1.29 is 14.6 Å². The van der Waals surface area contributed by atoms with Gasteiger partial charge in [0.05, 0.1) is 31.3 Å². The maximum Gasteiger partial charge on any atom is 0.225 e. The van der Waals surface area contributed by atoms with E-state index in [0.29, 0.717) is 13.2 Å². The Balaban J connectivity index is 1.55. The molecule has 1 aliphatic heterocycles. The summed E-state index contributed by atoms with van der Waals surface area (Å²) in [6, 6.07) is 10.5. The average Bonchev–Trinajstić information content (AvgIpc) is 2.87. The van der Waals surface area contributed by atoms with E-state index < -0.39 is 6.10 Å². The van der Waals surface area contributed by atoms with E-state index in [1.54, 1.807) is 0 Å². The fraction of sp³-hybridized carbons (Fsp3) is 0.611. The van der Waals surface area contributed by atoms with E-state index in [0.717, 1.165) is 32.1 Å². The van der Waals surface area contributed by atoms with E-state index in [4.69, 9.17) is 4.74 Å². The lowest BCUT2D eigenvalue weighted by Crippen LogP contribution is -2.47. The van der Waals surface area contributed by atoms with Crippen LogP contribution in [0.2, 0.25) is 0 Å². The highest BCUT2D eigenvalue weighted by Crippen LogP contribution is 2.29. The molecule has 2 fully saturated rings. The third kappa shape index (κ3) is 3.68. The molecule has 0 spiro atoms. The van der Waals surface area contributed by atoms with Crippen molar-refractivity contribution in [1.82, 2.24) is 4.90 Å². The lowest BCUT2D eigenvalue weighted by molar-refractivity contribution is -0.134. The average molecular weight is 303 g/mol. The summed E-state index contributed by atoms with van der Waals surface area (Å²) in [4.78, 5) is 13.9. The van der Waals surface area contributed by atoms with Gasteiger partial charge in [0.15, 0.2) is 0 Å². The lowest BCUT2D eigenvalue weighted by atomic mass is 9.91. The fourth-order valence-electron chi connectivity index (χ4n) is 3.63. The highest BCUT2D eigenvalue weighted by molar-refractivity contribution is 5.79. The number of rotatable bonds is 5. The van der Waals surface area contributed by atoms with Crippen LogP contribution in [0.15, 0.2) is 30.3 Å². The van der Waals surface area contributed by atoms with Gasteiger partial charge in [-0.2, -0.15) is 0 Å². The molecule has 1 aromatic rings. The Morgan fingerprint density at radius 2 is 1.95 bits per heavy atom. The number of carbonyl (C=O) groups excluding carboxylic acids is 1. The van der Waals surface area contributed by atoms with Crippen molar-refractivity contribution in [1.29, 1.82) is 0 Å². The van der Waals surface area contributed by atoms with E-state index in [2.05, 4.69) is 12.1 Å². The van der Waals surface area contributed by atoms with Gasteiger partial charge in [0.2, 0.25) is 5.91 Å². The topological polar surface area (TPSA) is 49.8 Å². The van der Waals surface area contributed by atoms with Crippen LogP contribution in [0.5, 0.6) is 0 Å². The van der Waals surface area contributed by atoms with Crippen LogP contribution in [-0.4, -0.2) is 47.3 Å². The zero-order chi connectivity index (χ0) is 15.4. The first-order chi connectivity index (χ1) is 10.7. The first-order valence-electron chi connectivity index (χ1n) is 8.37. The molecule has 0 radical (unpaired) electrons. The van der Waals surface area contributed by atoms with Crippen molar-refractivity contribution in [3.63, 3.8) is 0 Å². The Kier molecular flexibility index (Phi) is 5.11. The van der Waals surface area contributed by atoms with Crippen LogP contribution >= 0.6 is 0 Å². The van der Waals surface area contributed by atoms with Crippen molar-refractivity contribution >= 4 is 5.91 Å². The molecule has 1 aliphatic carbocycles. The van der Waals surface area contributed by atoms with Crippen molar-refractivity contribution in [2.75, 3.05) is 13.2 Å². The molecule has 4 nitrogen and oxygen atoms in total. The number of aliphatic hydroxyl groups excluding tert-OH is 1. The normalized spacial score (nSPS) is 29.0. The highest BCUT2D eigenvalue weighted by atomic mass is 16.5. The molecule has 1 heterocycles. The Hall–Kier alpha value is -1.39. The Morgan fingerprint density at radius 1 is 1.18 bits per heavy atom.